The molecule has 1 rings (SSSR count). The average Bonchev–Trinajstić information content (AvgIpc) is 2.15. The Morgan fingerprint density at radius 2 is 2.00 bits per heavy atom. The molecule has 0 unspecified atom stereocenters. The van der Waals surface area contributed by atoms with Gasteiger partial charge in [-0.1, -0.05) is 12.1 Å². The van der Waals surface area contributed by atoms with Gasteiger partial charge >= 0.3 is 5.97 Å². The van der Waals surface area contributed by atoms with Crippen molar-refractivity contribution >= 4 is 17.4 Å². The van der Waals surface area contributed by atoms with Crippen LogP contribution in [-0.2, 0) is 0 Å². The molecule has 0 spiro atoms. The summed E-state index contributed by atoms with van der Waals surface area (Å²) < 4.78 is 0. The van der Waals surface area contributed by atoms with Crippen molar-refractivity contribution in [2.24, 2.45) is 5.10 Å². The molecular formula is C10H12N2O2. The summed E-state index contributed by atoms with van der Waals surface area (Å²) in [6.45, 7) is 3.66. The van der Waals surface area contributed by atoms with Crippen molar-refractivity contribution in [3.8, 4) is 0 Å². The Hall–Kier alpha value is -1.84. The van der Waals surface area contributed by atoms with Crippen LogP contribution in [0, 0.1) is 0 Å². The third kappa shape index (κ3) is 2.58. The minimum atomic E-state index is -0.961. The first-order valence-electron chi connectivity index (χ1n) is 4.20. The van der Waals surface area contributed by atoms with Gasteiger partial charge in [0.25, 0.3) is 0 Å². The second-order valence-corrected chi connectivity index (χ2v) is 3.02. The number of rotatable bonds is 3. The fourth-order valence-electron chi connectivity index (χ4n) is 0.939. The largest absolute Gasteiger partial charge is 0.478 e. The molecule has 4 nitrogen and oxygen atoms in total. The van der Waals surface area contributed by atoms with E-state index in [0.717, 1.165) is 5.71 Å². The van der Waals surface area contributed by atoms with E-state index in [1.165, 1.54) is 6.07 Å². The zero-order valence-electron chi connectivity index (χ0n) is 8.11. The molecular weight excluding hydrogens is 180 g/mol. The smallest absolute Gasteiger partial charge is 0.337 e. The fraction of sp³-hybridized carbons (Fsp3) is 0.200. The molecule has 0 heterocycles. The van der Waals surface area contributed by atoms with Gasteiger partial charge in [0.05, 0.1) is 11.3 Å². The van der Waals surface area contributed by atoms with Gasteiger partial charge in [0.2, 0.25) is 0 Å². The molecule has 74 valence electrons. The normalized spacial score (nSPS) is 9.29. The van der Waals surface area contributed by atoms with Crippen LogP contribution < -0.4 is 5.43 Å². The van der Waals surface area contributed by atoms with Gasteiger partial charge in [-0.2, -0.15) is 5.10 Å². The molecule has 1 aromatic carbocycles. The SMILES string of the molecule is CC(C)=NNc1ccccc1C(=O)O. The Kier molecular flexibility index (Phi) is 3.23. The number of hydrogen-bond donors (Lipinski definition) is 2. The van der Waals surface area contributed by atoms with Crippen LogP contribution in [0.4, 0.5) is 5.69 Å². The zero-order chi connectivity index (χ0) is 10.6. The van der Waals surface area contributed by atoms with Crippen molar-refractivity contribution in [1.29, 1.82) is 0 Å². The zero-order valence-corrected chi connectivity index (χ0v) is 8.11. The molecule has 0 bridgehead atoms. The van der Waals surface area contributed by atoms with Crippen LogP contribution in [-0.4, -0.2) is 16.8 Å². The van der Waals surface area contributed by atoms with Crippen LogP contribution in [0.15, 0.2) is 29.4 Å². The molecule has 2 N–H and O–H groups in total. The Morgan fingerprint density at radius 3 is 2.57 bits per heavy atom. The van der Waals surface area contributed by atoms with Crippen molar-refractivity contribution in [2.45, 2.75) is 13.8 Å². The third-order valence-electron chi connectivity index (χ3n) is 1.56. The van der Waals surface area contributed by atoms with E-state index in [-0.39, 0.29) is 5.56 Å². The topological polar surface area (TPSA) is 61.7 Å². The molecule has 14 heavy (non-hydrogen) atoms. The molecule has 0 aliphatic heterocycles. The van der Waals surface area contributed by atoms with Crippen molar-refractivity contribution in [3.63, 3.8) is 0 Å². The maximum absolute atomic E-state index is 10.8. The predicted molar refractivity (Wildman–Crippen MR) is 55.8 cm³/mol. The summed E-state index contributed by atoms with van der Waals surface area (Å²) in [5.74, 6) is -0.961. The summed E-state index contributed by atoms with van der Waals surface area (Å²) in [5.41, 5.74) is 4.26. The molecule has 4 heteroatoms. The van der Waals surface area contributed by atoms with E-state index in [4.69, 9.17) is 5.11 Å². The first-order valence-corrected chi connectivity index (χ1v) is 4.20. The molecule has 0 aromatic heterocycles. The molecule has 0 amide bonds. The molecule has 0 radical (unpaired) electrons. The first kappa shape index (κ1) is 10.2. The van der Waals surface area contributed by atoms with Gasteiger partial charge in [0.15, 0.2) is 0 Å². The van der Waals surface area contributed by atoms with Gasteiger partial charge in [-0.15, -0.1) is 0 Å². The van der Waals surface area contributed by atoms with Crippen LogP contribution in [0.5, 0.6) is 0 Å². The highest BCUT2D eigenvalue weighted by molar-refractivity contribution is 5.94. The highest BCUT2D eigenvalue weighted by atomic mass is 16.4. The van der Waals surface area contributed by atoms with Gasteiger partial charge in [-0.05, 0) is 26.0 Å². The van der Waals surface area contributed by atoms with Gasteiger partial charge < -0.3 is 5.11 Å². The molecule has 0 aliphatic carbocycles. The summed E-state index contributed by atoms with van der Waals surface area (Å²) in [6.07, 6.45) is 0. The second kappa shape index (κ2) is 4.41. The fourth-order valence-corrected chi connectivity index (χ4v) is 0.939. The minimum absolute atomic E-state index is 0.220. The lowest BCUT2D eigenvalue weighted by molar-refractivity contribution is 0.0698. The van der Waals surface area contributed by atoms with Crippen molar-refractivity contribution in [1.82, 2.24) is 0 Å². The number of carboxylic acid groups (broad SMARTS) is 1. The second-order valence-electron chi connectivity index (χ2n) is 3.02. The summed E-state index contributed by atoms with van der Waals surface area (Å²) in [5, 5.41) is 12.8. The number of carbonyl (C=O) groups is 1. The Balaban J connectivity index is 2.96. The lowest BCUT2D eigenvalue weighted by Gasteiger charge is -2.04. The highest BCUT2D eigenvalue weighted by Gasteiger charge is 2.07. The van der Waals surface area contributed by atoms with Gasteiger partial charge in [0, 0.05) is 5.71 Å². The average molecular weight is 192 g/mol. The third-order valence-corrected chi connectivity index (χ3v) is 1.56. The quantitative estimate of drug-likeness (QED) is 0.570. The summed E-state index contributed by atoms with van der Waals surface area (Å²) in [7, 11) is 0. The van der Waals surface area contributed by atoms with Crippen molar-refractivity contribution in [2.75, 3.05) is 5.43 Å². The predicted octanol–water partition coefficient (Wildman–Crippen LogP) is 2.19. The number of nitrogens with zero attached hydrogens (tertiary/aromatic N) is 1. The van der Waals surface area contributed by atoms with Gasteiger partial charge in [-0.25, -0.2) is 4.79 Å². The molecule has 1 aromatic rings. The van der Waals surface area contributed by atoms with Crippen LogP contribution in [0.3, 0.4) is 0 Å². The molecule has 0 atom stereocenters. The number of carboxylic acids is 1. The van der Waals surface area contributed by atoms with Crippen LogP contribution in [0.2, 0.25) is 0 Å². The number of nitrogens with one attached hydrogen (secondary N) is 1. The molecule has 0 saturated carbocycles. The number of aromatic carboxylic acids is 1. The Labute approximate surface area is 82.3 Å². The van der Waals surface area contributed by atoms with E-state index in [2.05, 4.69) is 10.5 Å². The highest BCUT2D eigenvalue weighted by Crippen LogP contribution is 2.14. The van der Waals surface area contributed by atoms with Gasteiger partial charge in [-0.3, -0.25) is 5.43 Å². The van der Waals surface area contributed by atoms with Crippen LogP contribution >= 0.6 is 0 Å². The van der Waals surface area contributed by atoms with E-state index < -0.39 is 5.97 Å². The number of benzene rings is 1. The Bertz CT molecular complexity index is 368. The van der Waals surface area contributed by atoms with Gasteiger partial charge in [0.1, 0.15) is 0 Å². The summed E-state index contributed by atoms with van der Waals surface area (Å²) in [4.78, 5) is 10.8. The monoisotopic (exact) mass is 192 g/mol. The van der Waals surface area contributed by atoms with E-state index in [0.29, 0.717) is 5.69 Å². The maximum atomic E-state index is 10.8. The van der Waals surface area contributed by atoms with Crippen molar-refractivity contribution < 1.29 is 9.90 Å². The van der Waals surface area contributed by atoms with Crippen LogP contribution in [0.25, 0.3) is 0 Å². The molecule has 0 aliphatic rings. The van der Waals surface area contributed by atoms with E-state index in [1.807, 2.05) is 13.8 Å². The van der Waals surface area contributed by atoms with Crippen LogP contribution in [0.1, 0.15) is 24.2 Å². The standard InChI is InChI=1S/C10H12N2O2/c1-7(2)11-12-9-6-4-3-5-8(9)10(13)14/h3-6,12H,1-2H3,(H,13,14). The number of hydrogen-bond acceptors (Lipinski definition) is 3. The van der Waals surface area contributed by atoms with Crippen molar-refractivity contribution in [3.05, 3.63) is 29.8 Å². The Morgan fingerprint density at radius 1 is 1.36 bits per heavy atom. The number of para-hydroxylation sites is 1. The minimum Gasteiger partial charge on any atom is -0.478 e. The summed E-state index contributed by atoms with van der Waals surface area (Å²) in [6, 6.07) is 6.65. The number of hydrazone groups is 1. The maximum Gasteiger partial charge on any atom is 0.337 e. The van der Waals surface area contributed by atoms with E-state index in [9.17, 15) is 4.79 Å². The van der Waals surface area contributed by atoms with E-state index >= 15 is 0 Å². The lowest BCUT2D eigenvalue weighted by Crippen LogP contribution is -2.02. The number of anilines is 1. The van der Waals surface area contributed by atoms with E-state index in [1.54, 1.807) is 18.2 Å². The lowest BCUT2D eigenvalue weighted by atomic mass is 10.2. The first-order chi connectivity index (χ1) is 6.61. The summed E-state index contributed by atoms with van der Waals surface area (Å²) >= 11 is 0. The molecule has 0 saturated heterocycles. The molecule has 0 fully saturated rings.